The molecule has 0 spiro atoms. The first kappa shape index (κ1) is 10.6. The van der Waals surface area contributed by atoms with E-state index in [4.69, 9.17) is 16.9 Å². The quantitative estimate of drug-likeness (QED) is 0.812. The van der Waals surface area contributed by atoms with Crippen LogP contribution >= 0.6 is 11.6 Å². The molecule has 0 aliphatic heterocycles. The fourth-order valence-electron chi connectivity index (χ4n) is 0.956. The van der Waals surface area contributed by atoms with Gasteiger partial charge in [-0.3, -0.25) is 4.79 Å². The summed E-state index contributed by atoms with van der Waals surface area (Å²) in [5, 5.41) is 11.9. The number of amides is 1. The Labute approximate surface area is 87.3 Å². The molecule has 0 aliphatic carbocycles. The van der Waals surface area contributed by atoms with Gasteiger partial charge in [-0.05, 0) is 18.2 Å². The third kappa shape index (κ3) is 2.48. The molecule has 1 aromatic rings. The van der Waals surface area contributed by atoms with Crippen LogP contribution in [0, 0.1) is 11.3 Å². The van der Waals surface area contributed by atoms with Crippen molar-refractivity contribution < 1.29 is 4.79 Å². The Bertz CT molecular complexity index is 396. The highest BCUT2D eigenvalue weighted by molar-refractivity contribution is 6.31. The summed E-state index contributed by atoms with van der Waals surface area (Å²) in [7, 11) is 0. The van der Waals surface area contributed by atoms with Gasteiger partial charge in [-0.25, -0.2) is 0 Å². The molecule has 3 nitrogen and oxygen atoms in total. The second-order valence-electron chi connectivity index (χ2n) is 2.70. The Morgan fingerprint density at radius 1 is 1.64 bits per heavy atom. The Morgan fingerprint density at radius 2 is 2.36 bits per heavy atom. The Balaban J connectivity index is 3.00. The standard InChI is InChI=1S/C10H9ClN2O/c1-2-10(14)13-9-5-8(11)4-3-7(9)6-12/h3-5H,2H2,1H3,(H,13,14). The average Bonchev–Trinajstić information content (AvgIpc) is 2.18. The van der Waals surface area contributed by atoms with Crippen LogP contribution in [0.4, 0.5) is 5.69 Å². The van der Waals surface area contributed by atoms with E-state index < -0.39 is 0 Å². The number of anilines is 1. The molecular formula is C10H9ClN2O. The SMILES string of the molecule is CCC(=O)Nc1cc(Cl)ccc1C#N. The first-order valence-corrected chi connectivity index (χ1v) is 4.54. The van der Waals surface area contributed by atoms with E-state index in [0.29, 0.717) is 22.7 Å². The number of nitrogens with zero attached hydrogens (tertiary/aromatic N) is 1. The normalized spacial score (nSPS) is 9.21. The van der Waals surface area contributed by atoms with Gasteiger partial charge < -0.3 is 5.32 Å². The first-order valence-electron chi connectivity index (χ1n) is 4.17. The van der Waals surface area contributed by atoms with Gasteiger partial charge in [0.05, 0.1) is 11.3 Å². The van der Waals surface area contributed by atoms with Gasteiger partial charge in [0.2, 0.25) is 5.91 Å². The number of nitriles is 1. The average molecular weight is 209 g/mol. The van der Waals surface area contributed by atoms with E-state index in [2.05, 4.69) is 5.32 Å². The van der Waals surface area contributed by atoms with E-state index in [1.165, 1.54) is 0 Å². The monoisotopic (exact) mass is 208 g/mol. The molecule has 0 atom stereocenters. The maximum atomic E-state index is 11.1. The van der Waals surface area contributed by atoms with Crippen LogP contribution in [0.15, 0.2) is 18.2 Å². The molecule has 4 heteroatoms. The van der Waals surface area contributed by atoms with Crippen LogP contribution in [0.1, 0.15) is 18.9 Å². The summed E-state index contributed by atoms with van der Waals surface area (Å²) in [5.74, 6) is -0.135. The lowest BCUT2D eigenvalue weighted by molar-refractivity contribution is -0.115. The van der Waals surface area contributed by atoms with Crippen LogP contribution in [0.2, 0.25) is 5.02 Å². The van der Waals surface area contributed by atoms with E-state index in [9.17, 15) is 4.79 Å². The molecule has 0 heterocycles. The van der Waals surface area contributed by atoms with Crippen LogP contribution < -0.4 is 5.32 Å². The largest absolute Gasteiger partial charge is 0.325 e. The van der Waals surface area contributed by atoms with Crippen LogP contribution in [0.25, 0.3) is 0 Å². The Morgan fingerprint density at radius 3 is 2.93 bits per heavy atom. The van der Waals surface area contributed by atoms with Crippen molar-refractivity contribution >= 4 is 23.2 Å². The fraction of sp³-hybridized carbons (Fsp3) is 0.200. The van der Waals surface area contributed by atoms with Crippen LogP contribution in [-0.4, -0.2) is 5.91 Å². The second kappa shape index (κ2) is 4.64. The number of rotatable bonds is 2. The number of halogens is 1. The molecule has 1 aromatic carbocycles. The summed E-state index contributed by atoms with van der Waals surface area (Å²) in [6, 6.07) is 6.73. The highest BCUT2D eigenvalue weighted by atomic mass is 35.5. The molecule has 0 unspecified atom stereocenters. The van der Waals surface area contributed by atoms with Crippen molar-refractivity contribution in [1.82, 2.24) is 0 Å². The first-order chi connectivity index (χ1) is 6.67. The lowest BCUT2D eigenvalue weighted by atomic mass is 10.2. The summed E-state index contributed by atoms with van der Waals surface area (Å²) >= 11 is 5.74. The molecule has 1 amide bonds. The zero-order valence-electron chi connectivity index (χ0n) is 7.67. The predicted octanol–water partition coefficient (Wildman–Crippen LogP) is 2.56. The molecule has 0 aliphatic rings. The van der Waals surface area contributed by atoms with Gasteiger partial charge in [0.25, 0.3) is 0 Å². The van der Waals surface area contributed by atoms with Gasteiger partial charge in [-0.1, -0.05) is 18.5 Å². The molecule has 72 valence electrons. The third-order valence-electron chi connectivity index (χ3n) is 1.70. The van der Waals surface area contributed by atoms with Crippen molar-refractivity contribution in [2.45, 2.75) is 13.3 Å². The van der Waals surface area contributed by atoms with Gasteiger partial charge in [-0.2, -0.15) is 5.26 Å². The number of benzene rings is 1. The minimum absolute atomic E-state index is 0.135. The van der Waals surface area contributed by atoms with Crippen LogP contribution in [-0.2, 0) is 4.79 Å². The summed E-state index contributed by atoms with van der Waals surface area (Å²) in [6.07, 6.45) is 0.372. The minimum atomic E-state index is -0.135. The molecule has 1 N–H and O–H groups in total. The van der Waals surface area contributed by atoms with Gasteiger partial charge in [0, 0.05) is 11.4 Å². The number of carbonyl (C=O) groups is 1. The topological polar surface area (TPSA) is 52.9 Å². The Kier molecular flexibility index (Phi) is 3.49. The molecule has 0 radical (unpaired) electrons. The number of carbonyl (C=O) groups excluding carboxylic acids is 1. The van der Waals surface area contributed by atoms with Gasteiger partial charge in [-0.15, -0.1) is 0 Å². The van der Waals surface area contributed by atoms with Crippen molar-refractivity contribution in [3.05, 3.63) is 28.8 Å². The van der Waals surface area contributed by atoms with E-state index in [1.807, 2.05) is 6.07 Å². The number of hydrogen-bond acceptors (Lipinski definition) is 2. The maximum absolute atomic E-state index is 11.1. The van der Waals surface area contributed by atoms with Crippen molar-refractivity contribution in [2.24, 2.45) is 0 Å². The van der Waals surface area contributed by atoms with Gasteiger partial charge >= 0.3 is 0 Å². The van der Waals surface area contributed by atoms with E-state index in [0.717, 1.165) is 0 Å². The molecule has 0 saturated heterocycles. The number of nitrogens with one attached hydrogen (secondary N) is 1. The third-order valence-corrected chi connectivity index (χ3v) is 1.93. The zero-order chi connectivity index (χ0) is 10.6. The zero-order valence-corrected chi connectivity index (χ0v) is 8.43. The highest BCUT2D eigenvalue weighted by Gasteiger charge is 2.05. The molecular weight excluding hydrogens is 200 g/mol. The summed E-state index contributed by atoms with van der Waals surface area (Å²) in [5.41, 5.74) is 0.878. The summed E-state index contributed by atoms with van der Waals surface area (Å²) < 4.78 is 0. The highest BCUT2D eigenvalue weighted by Crippen LogP contribution is 2.20. The molecule has 0 saturated carbocycles. The van der Waals surface area contributed by atoms with Crippen molar-refractivity contribution in [1.29, 1.82) is 5.26 Å². The fourth-order valence-corrected chi connectivity index (χ4v) is 1.13. The number of hydrogen-bond donors (Lipinski definition) is 1. The van der Waals surface area contributed by atoms with Crippen molar-refractivity contribution in [3.63, 3.8) is 0 Å². The maximum Gasteiger partial charge on any atom is 0.224 e. The summed E-state index contributed by atoms with van der Waals surface area (Å²) in [6.45, 7) is 1.74. The molecule has 0 fully saturated rings. The second-order valence-corrected chi connectivity index (χ2v) is 3.14. The predicted molar refractivity (Wildman–Crippen MR) is 55.1 cm³/mol. The van der Waals surface area contributed by atoms with Gasteiger partial charge in [0.1, 0.15) is 6.07 Å². The molecule has 1 rings (SSSR count). The van der Waals surface area contributed by atoms with E-state index in [-0.39, 0.29) is 5.91 Å². The molecule has 0 aromatic heterocycles. The summed E-state index contributed by atoms with van der Waals surface area (Å²) in [4.78, 5) is 11.1. The van der Waals surface area contributed by atoms with Crippen LogP contribution in [0.5, 0.6) is 0 Å². The van der Waals surface area contributed by atoms with Crippen molar-refractivity contribution in [3.8, 4) is 6.07 Å². The van der Waals surface area contributed by atoms with E-state index in [1.54, 1.807) is 25.1 Å². The van der Waals surface area contributed by atoms with E-state index >= 15 is 0 Å². The molecule has 0 bridgehead atoms. The smallest absolute Gasteiger partial charge is 0.224 e. The lowest BCUT2D eigenvalue weighted by Crippen LogP contribution is -2.10. The Hall–Kier alpha value is -1.53. The van der Waals surface area contributed by atoms with Gasteiger partial charge in [0.15, 0.2) is 0 Å². The van der Waals surface area contributed by atoms with Crippen molar-refractivity contribution in [2.75, 3.05) is 5.32 Å². The lowest BCUT2D eigenvalue weighted by Gasteiger charge is -2.05. The minimum Gasteiger partial charge on any atom is -0.325 e. The van der Waals surface area contributed by atoms with Crippen LogP contribution in [0.3, 0.4) is 0 Å². The molecule has 14 heavy (non-hydrogen) atoms.